The molecule has 2 fully saturated rings. The van der Waals surface area contributed by atoms with Crippen LogP contribution in [0.25, 0.3) is 22.2 Å². The number of methoxy groups -OCH3 is 2. The number of aliphatic carboxylic acids is 1. The van der Waals surface area contributed by atoms with Crippen molar-refractivity contribution < 1.29 is 37.3 Å². The number of alkyl halides is 3. The summed E-state index contributed by atoms with van der Waals surface area (Å²) < 4.78 is 48.0. The molecule has 2 aliphatic heterocycles. The number of fused-ring (bicyclic) bond motifs is 1. The first kappa shape index (κ1) is 30.7. The number of H-pyrrole nitrogens is 1. The van der Waals surface area contributed by atoms with Crippen molar-refractivity contribution in [2.75, 3.05) is 60.7 Å². The van der Waals surface area contributed by atoms with Crippen LogP contribution in [0.5, 0.6) is 11.5 Å². The maximum absolute atomic E-state index is 10.6. The molecule has 2 saturated heterocycles. The van der Waals surface area contributed by atoms with Crippen LogP contribution in [0.15, 0.2) is 36.4 Å². The number of carboxylic acid groups (broad SMARTS) is 1. The Hall–Kier alpha value is -3.28. The Bertz CT molecular complexity index is 1330. The summed E-state index contributed by atoms with van der Waals surface area (Å²) in [5.74, 6) is -0.625. The molecular formula is C30H38F3N3O5. The number of halogens is 3. The van der Waals surface area contributed by atoms with E-state index >= 15 is 0 Å². The molecule has 0 saturated carbocycles. The number of nitrogens with zero attached hydrogens (tertiary/aromatic N) is 2. The minimum absolute atomic E-state index is 0.623. The third-order valence-corrected chi connectivity index (χ3v) is 8.07. The van der Waals surface area contributed by atoms with E-state index in [1.807, 2.05) is 12.1 Å². The standard InChI is InChI=1S/C28H37N3O3.C2HF3O2/c1-19-24-15-21(20-9-11-31(12-10-20)14-13-30(2)23-17-34-18-23)5-7-25(24)29-28(19)22-6-8-26(32-3)27(16-22)33-4;3-2(4,5)1(6)7/h5-8,15-16,20,23,29H,9-14,17-18H2,1-4H3;(H,6,7). The van der Waals surface area contributed by atoms with Gasteiger partial charge in [0.2, 0.25) is 0 Å². The van der Waals surface area contributed by atoms with Crippen molar-refractivity contribution in [1.29, 1.82) is 0 Å². The van der Waals surface area contributed by atoms with Crippen molar-refractivity contribution in [2.24, 2.45) is 0 Å². The summed E-state index contributed by atoms with van der Waals surface area (Å²) in [6, 6.07) is 13.7. The number of carbonyl (C=O) groups is 1. The van der Waals surface area contributed by atoms with E-state index in [-0.39, 0.29) is 0 Å². The van der Waals surface area contributed by atoms with Crippen LogP contribution in [0.4, 0.5) is 13.2 Å². The summed E-state index contributed by atoms with van der Waals surface area (Å²) in [7, 11) is 5.57. The summed E-state index contributed by atoms with van der Waals surface area (Å²) in [5.41, 5.74) is 6.19. The number of aryl methyl sites for hydroxylation is 1. The molecule has 2 N–H and O–H groups in total. The molecule has 0 amide bonds. The van der Waals surface area contributed by atoms with Crippen molar-refractivity contribution in [3.8, 4) is 22.8 Å². The van der Waals surface area contributed by atoms with E-state index in [0.29, 0.717) is 12.0 Å². The molecule has 5 rings (SSSR count). The van der Waals surface area contributed by atoms with Crippen LogP contribution in [-0.4, -0.2) is 98.7 Å². The molecule has 0 atom stereocenters. The second-order valence-electron chi connectivity index (χ2n) is 10.6. The van der Waals surface area contributed by atoms with Gasteiger partial charge < -0.3 is 29.2 Å². The molecular weight excluding hydrogens is 539 g/mol. The average Bonchev–Trinajstić information content (AvgIpc) is 3.26. The van der Waals surface area contributed by atoms with Crippen LogP contribution in [0.1, 0.15) is 29.9 Å². The molecule has 1 aromatic heterocycles. The number of hydrogen-bond donors (Lipinski definition) is 2. The lowest BCUT2D eigenvalue weighted by Crippen LogP contribution is -2.49. The Morgan fingerprint density at radius 3 is 2.32 bits per heavy atom. The van der Waals surface area contributed by atoms with E-state index in [1.54, 1.807) is 14.2 Å². The molecule has 0 unspecified atom stereocenters. The van der Waals surface area contributed by atoms with Gasteiger partial charge in [-0.15, -0.1) is 0 Å². The summed E-state index contributed by atoms with van der Waals surface area (Å²) >= 11 is 0. The highest BCUT2D eigenvalue weighted by Gasteiger charge is 2.38. The van der Waals surface area contributed by atoms with Crippen LogP contribution in [0.2, 0.25) is 0 Å². The van der Waals surface area contributed by atoms with Crippen LogP contribution >= 0.6 is 0 Å². The fourth-order valence-electron chi connectivity index (χ4n) is 5.33. The molecule has 3 heterocycles. The van der Waals surface area contributed by atoms with E-state index in [4.69, 9.17) is 24.1 Å². The Kier molecular flexibility index (Phi) is 9.83. The first-order chi connectivity index (χ1) is 19.5. The van der Waals surface area contributed by atoms with Gasteiger partial charge in [-0.2, -0.15) is 13.2 Å². The van der Waals surface area contributed by atoms with Gasteiger partial charge in [-0.25, -0.2) is 4.79 Å². The number of rotatable bonds is 8. The lowest BCUT2D eigenvalue weighted by molar-refractivity contribution is -0.192. The van der Waals surface area contributed by atoms with Gasteiger partial charge >= 0.3 is 12.1 Å². The second-order valence-corrected chi connectivity index (χ2v) is 10.6. The van der Waals surface area contributed by atoms with Crippen LogP contribution in [-0.2, 0) is 9.53 Å². The molecule has 8 nitrogen and oxygen atoms in total. The van der Waals surface area contributed by atoms with Crippen LogP contribution < -0.4 is 9.47 Å². The zero-order valence-corrected chi connectivity index (χ0v) is 23.9. The first-order valence-electron chi connectivity index (χ1n) is 13.7. The Morgan fingerprint density at radius 1 is 1.10 bits per heavy atom. The summed E-state index contributed by atoms with van der Waals surface area (Å²) in [6.45, 7) is 8.65. The maximum Gasteiger partial charge on any atom is 0.490 e. The third kappa shape index (κ3) is 7.33. The van der Waals surface area contributed by atoms with Crippen molar-refractivity contribution in [2.45, 2.75) is 37.9 Å². The predicted octanol–water partition coefficient (Wildman–Crippen LogP) is 5.30. The Morgan fingerprint density at radius 2 is 1.76 bits per heavy atom. The third-order valence-electron chi connectivity index (χ3n) is 8.07. The molecule has 0 spiro atoms. The lowest BCUT2D eigenvalue weighted by Gasteiger charge is -2.37. The highest BCUT2D eigenvalue weighted by molar-refractivity contribution is 5.91. The largest absolute Gasteiger partial charge is 0.493 e. The number of nitrogens with one attached hydrogen (secondary N) is 1. The Balaban J connectivity index is 0.000000493. The molecule has 41 heavy (non-hydrogen) atoms. The molecule has 224 valence electrons. The second kappa shape index (κ2) is 13.1. The molecule has 0 aliphatic carbocycles. The average molecular weight is 578 g/mol. The van der Waals surface area contributed by atoms with E-state index in [2.05, 4.69) is 53.0 Å². The normalized spacial score (nSPS) is 16.8. The van der Waals surface area contributed by atoms with Gasteiger partial charge in [-0.1, -0.05) is 6.07 Å². The summed E-state index contributed by atoms with van der Waals surface area (Å²) in [6.07, 6.45) is -2.62. The topological polar surface area (TPSA) is 87.3 Å². The van der Waals surface area contributed by atoms with Gasteiger partial charge in [-0.05, 0) is 87.3 Å². The van der Waals surface area contributed by atoms with Crippen LogP contribution in [0, 0.1) is 6.92 Å². The zero-order chi connectivity index (χ0) is 29.7. The number of piperidine rings is 1. The quantitative estimate of drug-likeness (QED) is 0.376. The number of ether oxygens (including phenoxy) is 3. The van der Waals surface area contributed by atoms with Gasteiger partial charge in [0.05, 0.1) is 33.5 Å². The first-order valence-corrected chi connectivity index (χ1v) is 13.7. The van der Waals surface area contributed by atoms with Crippen molar-refractivity contribution in [3.63, 3.8) is 0 Å². The molecule has 0 bridgehead atoms. The van der Waals surface area contributed by atoms with E-state index in [1.165, 1.54) is 48.0 Å². The lowest BCUT2D eigenvalue weighted by atomic mass is 9.88. The monoisotopic (exact) mass is 577 g/mol. The Labute approximate surface area is 238 Å². The van der Waals surface area contributed by atoms with Gasteiger partial charge in [0, 0.05) is 35.2 Å². The zero-order valence-electron chi connectivity index (χ0n) is 23.9. The molecule has 2 aromatic carbocycles. The number of likely N-dealkylation sites (N-methyl/N-ethyl adjacent to an activating group) is 1. The van der Waals surface area contributed by atoms with E-state index < -0.39 is 12.1 Å². The van der Waals surface area contributed by atoms with Gasteiger partial charge in [-0.3, -0.25) is 4.90 Å². The van der Waals surface area contributed by atoms with Crippen molar-refractivity contribution in [3.05, 3.63) is 47.5 Å². The highest BCUT2D eigenvalue weighted by atomic mass is 19.4. The van der Waals surface area contributed by atoms with Gasteiger partial charge in [0.1, 0.15) is 0 Å². The van der Waals surface area contributed by atoms with Gasteiger partial charge in [0.15, 0.2) is 11.5 Å². The van der Waals surface area contributed by atoms with E-state index in [9.17, 15) is 13.2 Å². The van der Waals surface area contributed by atoms with Crippen molar-refractivity contribution in [1.82, 2.24) is 14.8 Å². The number of hydrogen-bond acceptors (Lipinski definition) is 6. The van der Waals surface area contributed by atoms with E-state index in [0.717, 1.165) is 49.1 Å². The number of aromatic amines is 1. The fourth-order valence-corrected chi connectivity index (χ4v) is 5.33. The highest BCUT2D eigenvalue weighted by Crippen LogP contribution is 2.37. The predicted molar refractivity (Wildman–Crippen MR) is 151 cm³/mol. The minimum Gasteiger partial charge on any atom is -0.493 e. The smallest absolute Gasteiger partial charge is 0.490 e. The number of benzene rings is 2. The molecule has 11 heteroatoms. The number of carboxylic acids is 1. The van der Waals surface area contributed by atoms with Gasteiger partial charge in [0.25, 0.3) is 0 Å². The fraction of sp³-hybridized carbons (Fsp3) is 0.500. The SMILES string of the molecule is COc1ccc(-c2[nH]c3ccc(C4CCN(CCN(C)C5COC5)CC4)cc3c2C)cc1OC.O=C(O)C(F)(F)F. The number of aromatic nitrogens is 1. The van der Waals surface area contributed by atoms with Crippen LogP contribution in [0.3, 0.4) is 0 Å². The number of likely N-dealkylation sites (tertiary alicyclic amines) is 1. The molecule has 3 aromatic rings. The summed E-state index contributed by atoms with van der Waals surface area (Å²) in [5, 5.41) is 8.44. The maximum atomic E-state index is 10.6. The minimum atomic E-state index is -5.08. The summed E-state index contributed by atoms with van der Waals surface area (Å²) in [4.78, 5) is 17.6. The molecule has 2 aliphatic rings. The van der Waals surface area contributed by atoms with Crippen molar-refractivity contribution >= 4 is 16.9 Å². The molecule has 0 radical (unpaired) electrons.